The molecule has 1 saturated heterocycles. The van der Waals surface area contributed by atoms with Crippen LogP contribution >= 0.6 is 11.3 Å². The first-order chi connectivity index (χ1) is 12.0. The molecule has 10 heteroatoms. The second-order valence-corrected chi connectivity index (χ2v) is 6.47. The number of amides is 4. The van der Waals surface area contributed by atoms with Gasteiger partial charge in [0.25, 0.3) is 5.91 Å². The minimum absolute atomic E-state index is 0.0134. The Bertz CT molecular complexity index is 804. The minimum Gasteiger partial charge on any atom is -0.374 e. The van der Waals surface area contributed by atoms with E-state index in [1.165, 1.54) is 16.2 Å². The van der Waals surface area contributed by atoms with Gasteiger partial charge in [0.05, 0.1) is 0 Å². The van der Waals surface area contributed by atoms with E-state index in [4.69, 9.17) is 5.73 Å². The molecule has 4 amide bonds. The summed E-state index contributed by atoms with van der Waals surface area (Å²) in [5, 5.41) is 14.0. The fourth-order valence-corrected chi connectivity index (χ4v) is 3.01. The number of imide groups is 1. The van der Waals surface area contributed by atoms with Crippen molar-refractivity contribution in [1.29, 1.82) is 0 Å². The SMILES string of the molecule is Nc1nnc(CCCNC(=O)c2ccc(N3CC(=O)NC3=O)cc2)s1. The molecule has 0 atom stereocenters. The van der Waals surface area contributed by atoms with E-state index in [9.17, 15) is 14.4 Å². The number of benzene rings is 1. The lowest BCUT2D eigenvalue weighted by molar-refractivity contribution is -0.117. The van der Waals surface area contributed by atoms with E-state index in [0.29, 0.717) is 29.3 Å². The van der Waals surface area contributed by atoms with Crippen molar-refractivity contribution in [3.05, 3.63) is 34.8 Å². The van der Waals surface area contributed by atoms with Gasteiger partial charge < -0.3 is 11.1 Å². The number of aryl methyl sites for hydroxylation is 1. The van der Waals surface area contributed by atoms with Crippen LogP contribution < -0.4 is 21.3 Å². The van der Waals surface area contributed by atoms with E-state index in [1.807, 2.05) is 0 Å². The van der Waals surface area contributed by atoms with Crippen molar-refractivity contribution in [3.8, 4) is 0 Å². The van der Waals surface area contributed by atoms with Crippen LogP contribution in [0.5, 0.6) is 0 Å². The highest BCUT2D eigenvalue weighted by atomic mass is 32.1. The van der Waals surface area contributed by atoms with E-state index >= 15 is 0 Å². The summed E-state index contributed by atoms with van der Waals surface area (Å²) in [5.41, 5.74) is 6.55. The fraction of sp³-hybridized carbons (Fsp3) is 0.267. The summed E-state index contributed by atoms with van der Waals surface area (Å²) < 4.78 is 0. The molecule has 0 spiro atoms. The summed E-state index contributed by atoms with van der Waals surface area (Å²) in [4.78, 5) is 36.2. The van der Waals surface area contributed by atoms with Crippen LogP contribution in [-0.2, 0) is 11.2 Å². The third kappa shape index (κ3) is 4.10. The Labute approximate surface area is 147 Å². The summed E-state index contributed by atoms with van der Waals surface area (Å²) in [6.45, 7) is 0.490. The van der Waals surface area contributed by atoms with Crippen LogP contribution in [0.4, 0.5) is 15.6 Å². The first-order valence-corrected chi connectivity index (χ1v) is 8.42. The number of rotatable bonds is 6. The van der Waals surface area contributed by atoms with Gasteiger partial charge in [0, 0.05) is 24.2 Å². The molecule has 2 aromatic rings. The Morgan fingerprint density at radius 1 is 1.28 bits per heavy atom. The number of nitrogen functional groups attached to an aromatic ring is 1. The Morgan fingerprint density at radius 3 is 2.64 bits per heavy atom. The molecule has 0 saturated carbocycles. The molecule has 0 aliphatic carbocycles. The van der Waals surface area contributed by atoms with Crippen LogP contribution in [0.25, 0.3) is 0 Å². The number of nitrogens with one attached hydrogen (secondary N) is 2. The van der Waals surface area contributed by atoms with Crippen LogP contribution in [0.3, 0.4) is 0 Å². The summed E-state index contributed by atoms with van der Waals surface area (Å²) in [7, 11) is 0. The van der Waals surface area contributed by atoms with Gasteiger partial charge in [-0.05, 0) is 30.7 Å². The molecule has 0 bridgehead atoms. The number of hydrogen-bond donors (Lipinski definition) is 3. The van der Waals surface area contributed by atoms with Gasteiger partial charge in [-0.15, -0.1) is 10.2 Å². The lowest BCUT2D eigenvalue weighted by atomic mass is 10.2. The predicted octanol–water partition coefficient (Wildman–Crippen LogP) is 0.539. The van der Waals surface area contributed by atoms with Crippen molar-refractivity contribution in [1.82, 2.24) is 20.8 Å². The zero-order chi connectivity index (χ0) is 17.8. The van der Waals surface area contributed by atoms with Crippen molar-refractivity contribution in [2.24, 2.45) is 0 Å². The van der Waals surface area contributed by atoms with Crippen molar-refractivity contribution >= 4 is 40.0 Å². The molecule has 2 heterocycles. The van der Waals surface area contributed by atoms with Gasteiger partial charge in [-0.2, -0.15) is 0 Å². The highest BCUT2D eigenvalue weighted by molar-refractivity contribution is 7.15. The average molecular weight is 360 g/mol. The normalized spacial score (nSPS) is 13.8. The molecule has 9 nitrogen and oxygen atoms in total. The maximum Gasteiger partial charge on any atom is 0.329 e. The highest BCUT2D eigenvalue weighted by Crippen LogP contribution is 2.17. The largest absolute Gasteiger partial charge is 0.374 e. The Balaban J connectivity index is 1.49. The standard InChI is InChI=1S/C15H16N6O3S/c16-14-20-19-12(25-14)2-1-7-17-13(23)9-3-5-10(6-4-9)21-8-11(22)18-15(21)24/h3-6H,1-2,7-8H2,(H2,16,20)(H,17,23)(H,18,22,24). The number of nitrogens with two attached hydrogens (primary N) is 1. The summed E-state index contributed by atoms with van der Waals surface area (Å²) in [5.74, 6) is -0.547. The van der Waals surface area contributed by atoms with Crippen molar-refractivity contribution in [2.45, 2.75) is 12.8 Å². The molecule has 25 heavy (non-hydrogen) atoms. The molecular formula is C15H16N6O3S. The molecule has 1 aliphatic heterocycles. The molecule has 130 valence electrons. The van der Waals surface area contributed by atoms with Gasteiger partial charge in [0.15, 0.2) is 0 Å². The van der Waals surface area contributed by atoms with Crippen molar-refractivity contribution in [3.63, 3.8) is 0 Å². The number of anilines is 2. The number of nitrogens with zero attached hydrogens (tertiary/aromatic N) is 3. The Hall–Kier alpha value is -3.01. The number of aromatic nitrogens is 2. The van der Waals surface area contributed by atoms with Gasteiger partial charge in [-0.1, -0.05) is 11.3 Å². The van der Waals surface area contributed by atoms with E-state index < -0.39 is 6.03 Å². The van der Waals surface area contributed by atoms with Gasteiger partial charge in [0.1, 0.15) is 11.6 Å². The first kappa shape index (κ1) is 16.8. The molecule has 1 aromatic heterocycles. The topological polar surface area (TPSA) is 130 Å². The van der Waals surface area contributed by atoms with E-state index in [1.54, 1.807) is 24.3 Å². The second kappa shape index (κ2) is 7.26. The second-order valence-electron chi connectivity index (χ2n) is 5.38. The Morgan fingerprint density at radius 2 is 2.04 bits per heavy atom. The molecule has 1 aliphatic rings. The first-order valence-electron chi connectivity index (χ1n) is 7.60. The van der Waals surface area contributed by atoms with Crippen LogP contribution in [0.2, 0.25) is 0 Å². The third-order valence-corrected chi connectivity index (χ3v) is 4.38. The van der Waals surface area contributed by atoms with Gasteiger partial charge in [-0.3, -0.25) is 19.8 Å². The Kier molecular flexibility index (Phi) is 4.89. The van der Waals surface area contributed by atoms with Crippen molar-refractivity contribution < 1.29 is 14.4 Å². The highest BCUT2D eigenvalue weighted by Gasteiger charge is 2.27. The molecule has 1 fully saturated rings. The maximum absolute atomic E-state index is 12.1. The van der Waals surface area contributed by atoms with Crippen LogP contribution in [0.15, 0.2) is 24.3 Å². The number of hydrogen-bond acceptors (Lipinski definition) is 7. The van der Waals surface area contributed by atoms with Gasteiger partial charge >= 0.3 is 6.03 Å². The van der Waals surface area contributed by atoms with Crippen LogP contribution in [0.1, 0.15) is 21.8 Å². The lowest BCUT2D eigenvalue weighted by Crippen LogP contribution is -2.28. The number of carbonyl (C=O) groups excluding carboxylic acids is 3. The zero-order valence-corrected chi connectivity index (χ0v) is 14.0. The maximum atomic E-state index is 12.1. The molecule has 0 unspecified atom stereocenters. The number of urea groups is 1. The quantitative estimate of drug-likeness (QED) is 0.509. The smallest absolute Gasteiger partial charge is 0.329 e. The van der Waals surface area contributed by atoms with E-state index in [-0.39, 0.29) is 18.4 Å². The zero-order valence-electron chi connectivity index (χ0n) is 13.2. The fourth-order valence-electron chi connectivity index (χ4n) is 2.35. The monoisotopic (exact) mass is 360 g/mol. The molecule has 3 rings (SSSR count). The minimum atomic E-state index is -0.459. The molecule has 0 radical (unpaired) electrons. The van der Waals surface area contributed by atoms with E-state index in [2.05, 4.69) is 20.8 Å². The summed E-state index contributed by atoms with van der Waals surface area (Å²) >= 11 is 1.34. The number of carbonyl (C=O) groups is 3. The molecule has 1 aromatic carbocycles. The van der Waals surface area contributed by atoms with E-state index in [0.717, 1.165) is 11.4 Å². The van der Waals surface area contributed by atoms with Gasteiger partial charge in [-0.25, -0.2) is 4.79 Å². The predicted molar refractivity (Wildman–Crippen MR) is 92.3 cm³/mol. The third-order valence-electron chi connectivity index (χ3n) is 3.57. The summed E-state index contributed by atoms with van der Waals surface area (Å²) in [6.07, 6.45) is 1.43. The van der Waals surface area contributed by atoms with Gasteiger partial charge in [0.2, 0.25) is 11.0 Å². The van der Waals surface area contributed by atoms with Crippen molar-refractivity contribution in [2.75, 3.05) is 23.7 Å². The van der Waals surface area contributed by atoms with Crippen LogP contribution in [-0.4, -0.2) is 41.1 Å². The van der Waals surface area contributed by atoms with Crippen LogP contribution in [0, 0.1) is 0 Å². The lowest BCUT2D eigenvalue weighted by Gasteiger charge is -2.13. The molecule has 4 N–H and O–H groups in total. The summed E-state index contributed by atoms with van der Waals surface area (Å²) in [6, 6.07) is 6.05. The average Bonchev–Trinajstić information content (AvgIpc) is 3.16. The molecular weight excluding hydrogens is 344 g/mol.